The minimum absolute atomic E-state index is 0.0746. The minimum atomic E-state index is -1.96. The van der Waals surface area contributed by atoms with E-state index in [0.29, 0.717) is 5.04 Å². The summed E-state index contributed by atoms with van der Waals surface area (Å²) in [5.74, 6) is 0. The van der Waals surface area contributed by atoms with Gasteiger partial charge in [0, 0.05) is 19.4 Å². The molecule has 1 amide bonds. The van der Waals surface area contributed by atoms with Gasteiger partial charge in [0.15, 0.2) is 0 Å². The molecule has 1 heterocycles. The van der Waals surface area contributed by atoms with Crippen molar-refractivity contribution in [1.82, 2.24) is 9.29 Å². The third-order valence-corrected chi connectivity index (χ3v) is 3.66. The molecule has 1 rings (SSSR count). The van der Waals surface area contributed by atoms with Gasteiger partial charge in [-0.25, -0.2) is 13.3 Å². The van der Waals surface area contributed by atoms with E-state index in [4.69, 9.17) is 4.18 Å². The number of aromatic nitrogens is 1. The summed E-state index contributed by atoms with van der Waals surface area (Å²) in [4.78, 5) is 20.0. The van der Waals surface area contributed by atoms with E-state index in [0.717, 1.165) is 9.87 Å². The van der Waals surface area contributed by atoms with Crippen molar-refractivity contribution in [3.05, 3.63) is 30.1 Å². The van der Waals surface area contributed by atoms with Crippen molar-refractivity contribution in [3.8, 4) is 0 Å². The molecule has 7 nitrogen and oxygen atoms in total. The highest BCUT2D eigenvalue weighted by Gasteiger charge is 2.18. The van der Waals surface area contributed by atoms with Crippen LogP contribution in [0.2, 0.25) is 0 Å². The number of nitrogens with zero attached hydrogens (tertiary/aromatic N) is 3. The van der Waals surface area contributed by atoms with Crippen LogP contribution in [0.4, 0.5) is 4.79 Å². The van der Waals surface area contributed by atoms with Crippen molar-refractivity contribution >= 4 is 34.2 Å². The molecule has 9 heteroatoms. The van der Waals surface area contributed by atoms with Gasteiger partial charge in [-0.3, -0.25) is 14.0 Å². The van der Waals surface area contributed by atoms with Crippen molar-refractivity contribution in [2.24, 2.45) is 5.16 Å². The molecule has 1 unspecified atom stereocenters. The molecule has 110 valence electrons. The van der Waals surface area contributed by atoms with Crippen molar-refractivity contribution in [2.45, 2.75) is 13.5 Å². The van der Waals surface area contributed by atoms with Crippen LogP contribution in [0.5, 0.6) is 0 Å². The van der Waals surface area contributed by atoms with Crippen molar-refractivity contribution in [3.63, 3.8) is 0 Å². The molecule has 0 aromatic carbocycles. The molecular weight excluding hydrogens is 302 g/mol. The summed E-state index contributed by atoms with van der Waals surface area (Å²) in [6.45, 7) is 1.76. The molecule has 1 atom stereocenters. The molecule has 0 radical (unpaired) electrons. The first-order chi connectivity index (χ1) is 9.54. The van der Waals surface area contributed by atoms with Crippen LogP contribution in [0, 0.1) is 0 Å². The number of thioether (sulfide) groups is 1. The lowest BCUT2D eigenvalue weighted by Crippen LogP contribution is -2.29. The van der Waals surface area contributed by atoms with Gasteiger partial charge in [0.05, 0.1) is 6.61 Å². The molecule has 0 N–H and O–H groups in total. The smallest absolute Gasteiger partial charge is 0.296 e. The first-order valence-corrected chi connectivity index (χ1v) is 7.77. The summed E-state index contributed by atoms with van der Waals surface area (Å²) < 4.78 is 17.6. The van der Waals surface area contributed by atoms with Gasteiger partial charge >= 0.3 is 6.09 Å². The average Bonchev–Trinajstić information content (AvgIpc) is 2.49. The topological polar surface area (TPSA) is 81.1 Å². The number of pyridine rings is 1. The molecule has 0 fully saturated rings. The van der Waals surface area contributed by atoms with Gasteiger partial charge in [-0.15, -0.1) is 11.8 Å². The zero-order valence-electron chi connectivity index (χ0n) is 11.3. The number of oxime groups is 1. The number of carbonyl (C=O) groups is 1. The summed E-state index contributed by atoms with van der Waals surface area (Å²) in [6.07, 6.45) is 4.14. The Morgan fingerprint density at radius 1 is 1.60 bits per heavy atom. The summed E-state index contributed by atoms with van der Waals surface area (Å²) in [7, 11) is 1.30. The van der Waals surface area contributed by atoms with Crippen LogP contribution >= 0.6 is 11.8 Å². The summed E-state index contributed by atoms with van der Waals surface area (Å²) in [5.41, 5.74) is 0.749. The monoisotopic (exact) mass is 317 g/mol. The van der Waals surface area contributed by atoms with Gasteiger partial charge in [0.25, 0.3) is 11.3 Å². The maximum Gasteiger partial charge on any atom is 0.449 e. The zero-order chi connectivity index (χ0) is 15.0. The largest absolute Gasteiger partial charge is 0.449 e. The van der Waals surface area contributed by atoms with Gasteiger partial charge in [0.1, 0.15) is 5.04 Å². The normalized spacial score (nSPS) is 12.8. The standard InChI is InChI=1S/C11H15N3O4S2/c1-9(19-3)13-18-11(15)14(2)20(16)17-8-10-5-4-6-12-7-10/h4-7H,8H2,1-3H3/b13-9+. The van der Waals surface area contributed by atoms with Gasteiger partial charge in [-0.1, -0.05) is 11.2 Å². The SMILES string of the molecule is CS/C(C)=N/OC(=O)N(C)S(=O)OCc1cccnc1. The predicted molar refractivity (Wildman–Crippen MR) is 78.0 cm³/mol. The van der Waals surface area contributed by atoms with Gasteiger partial charge < -0.3 is 0 Å². The molecular formula is C11H15N3O4S2. The van der Waals surface area contributed by atoms with Crippen molar-refractivity contribution in [2.75, 3.05) is 13.3 Å². The maximum absolute atomic E-state index is 11.7. The Morgan fingerprint density at radius 3 is 2.95 bits per heavy atom. The Labute approximate surface area is 124 Å². The number of hydrogen-bond acceptors (Lipinski definition) is 7. The molecule has 0 bridgehead atoms. The second-order valence-electron chi connectivity index (χ2n) is 3.51. The minimum Gasteiger partial charge on any atom is -0.296 e. The van der Waals surface area contributed by atoms with Crippen molar-refractivity contribution < 1.29 is 18.0 Å². The van der Waals surface area contributed by atoms with E-state index in [2.05, 4.69) is 15.0 Å². The van der Waals surface area contributed by atoms with E-state index < -0.39 is 17.4 Å². The predicted octanol–water partition coefficient (Wildman–Crippen LogP) is 1.94. The molecule has 20 heavy (non-hydrogen) atoms. The fourth-order valence-electron chi connectivity index (χ4n) is 0.940. The lowest BCUT2D eigenvalue weighted by atomic mass is 10.3. The zero-order valence-corrected chi connectivity index (χ0v) is 12.9. The highest BCUT2D eigenvalue weighted by atomic mass is 32.2. The maximum atomic E-state index is 11.7. The number of rotatable bonds is 5. The lowest BCUT2D eigenvalue weighted by molar-refractivity contribution is 0.132. The van der Waals surface area contributed by atoms with Crippen LogP contribution in [0.3, 0.4) is 0 Å². The Kier molecular flexibility index (Phi) is 7.20. The second-order valence-corrected chi connectivity index (χ2v) is 5.73. The Hall–Kier alpha value is -1.45. The molecule has 0 aliphatic heterocycles. The average molecular weight is 317 g/mol. The fourth-order valence-corrected chi connectivity index (χ4v) is 1.60. The van der Waals surface area contributed by atoms with Gasteiger partial charge in [-0.2, -0.15) is 0 Å². The highest BCUT2D eigenvalue weighted by Crippen LogP contribution is 2.05. The second kappa shape index (κ2) is 8.67. The number of carbonyl (C=O) groups excluding carboxylic acids is 1. The number of amides is 1. The van der Waals surface area contributed by atoms with Crippen LogP contribution in [-0.2, 0) is 26.9 Å². The fraction of sp³-hybridized carbons (Fsp3) is 0.364. The third kappa shape index (κ3) is 5.68. The summed E-state index contributed by atoms with van der Waals surface area (Å²) >= 11 is -0.622. The van der Waals surface area contributed by atoms with Crippen LogP contribution in [0.1, 0.15) is 12.5 Å². The molecule has 1 aromatic rings. The molecule has 0 spiro atoms. The summed E-state index contributed by atoms with van der Waals surface area (Å²) in [5, 5.41) is 4.13. The van der Waals surface area contributed by atoms with E-state index in [-0.39, 0.29) is 6.61 Å². The molecule has 0 aliphatic carbocycles. The van der Waals surface area contributed by atoms with Crippen molar-refractivity contribution in [1.29, 1.82) is 0 Å². The number of hydrogen-bond donors (Lipinski definition) is 0. The van der Waals surface area contributed by atoms with E-state index in [1.807, 2.05) is 0 Å². The van der Waals surface area contributed by atoms with Gasteiger partial charge in [0.2, 0.25) is 0 Å². The molecule has 0 saturated carbocycles. The van der Waals surface area contributed by atoms with E-state index in [1.165, 1.54) is 18.8 Å². The molecule has 0 aliphatic rings. The quantitative estimate of drug-likeness (QED) is 0.357. The summed E-state index contributed by atoms with van der Waals surface area (Å²) in [6, 6.07) is 3.51. The molecule has 1 aromatic heterocycles. The first kappa shape index (κ1) is 16.6. The van der Waals surface area contributed by atoms with Crippen LogP contribution in [0.25, 0.3) is 0 Å². The van der Waals surface area contributed by atoms with Crippen LogP contribution < -0.4 is 0 Å². The van der Waals surface area contributed by atoms with E-state index >= 15 is 0 Å². The third-order valence-electron chi connectivity index (χ3n) is 2.08. The van der Waals surface area contributed by atoms with E-state index in [1.54, 1.807) is 37.7 Å². The first-order valence-electron chi connectivity index (χ1n) is 5.52. The van der Waals surface area contributed by atoms with Crippen LogP contribution in [-0.4, -0.2) is 37.9 Å². The van der Waals surface area contributed by atoms with Gasteiger partial charge in [-0.05, 0) is 24.8 Å². The van der Waals surface area contributed by atoms with E-state index in [9.17, 15) is 9.00 Å². The Bertz CT molecular complexity index is 496. The van der Waals surface area contributed by atoms with Crippen LogP contribution in [0.15, 0.2) is 29.7 Å². The Balaban J connectivity index is 2.44. The highest BCUT2D eigenvalue weighted by molar-refractivity contribution is 8.13. The lowest BCUT2D eigenvalue weighted by Gasteiger charge is -2.12. The molecule has 0 saturated heterocycles. The Morgan fingerprint density at radius 2 is 2.35 bits per heavy atom.